The summed E-state index contributed by atoms with van der Waals surface area (Å²) in [6.07, 6.45) is 0. The number of rotatable bonds is 7. The molecule has 0 spiro atoms. The molecular formula is C18H19FO5S. The average molecular weight is 366 g/mol. The van der Waals surface area contributed by atoms with Crippen molar-refractivity contribution in [2.45, 2.75) is 24.0 Å². The highest BCUT2D eigenvalue weighted by atomic mass is 32.2. The van der Waals surface area contributed by atoms with Gasteiger partial charge in [-0.25, -0.2) is 12.8 Å². The third-order valence-electron chi connectivity index (χ3n) is 3.62. The van der Waals surface area contributed by atoms with Gasteiger partial charge in [0, 0.05) is 0 Å². The van der Waals surface area contributed by atoms with Crippen molar-refractivity contribution in [3.8, 4) is 5.75 Å². The normalized spacial score (nSPS) is 12.4. The molecule has 0 amide bonds. The quantitative estimate of drug-likeness (QED) is 0.428. The van der Waals surface area contributed by atoms with Crippen molar-refractivity contribution in [1.82, 2.24) is 0 Å². The molecule has 0 aliphatic carbocycles. The number of ether oxygens (including phenoxy) is 2. The average Bonchev–Trinajstić information content (AvgIpc) is 2.59. The first-order chi connectivity index (χ1) is 11.8. The summed E-state index contributed by atoms with van der Waals surface area (Å²) in [6.45, 7) is 3.16. The monoisotopic (exact) mass is 366 g/mol. The predicted molar refractivity (Wildman–Crippen MR) is 90.7 cm³/mol. The fourth-order valence-electron chi connectivity index (χ4n) is 2.08. The minimum atomic E-state index is -3.93. The standard InChI is InChI=1S/C18H19FO5S/c1-13-5-3-4-6-17(13)23-11-12-24-18(20)14(2)25(21,22)16-9-7-15(19)8-10-16/h3-10,14H,11-12H2,1-2H3. The topological polar surface area (TPSA) is 69.7 Å². The van der Waals surface area contributed by atoms with Crippen molar-refractivity contribution in [2.24, 2.45) is 0 Å². The summed E-state index contributed by atoms with van der Waals surface area (Å²) in [5.74, 6) is -0.759. The summed E-state index contributed by atoms with van der Waals surface area (Å²) in [6, 6.07) is 11.7. The lowest BCUT2D eigenvalue weighted by molar-refractivity contribution is -0.143. The highest BCUT2D eigenvalue weighted by Crippen LogP contribution is 2.18. The Morgan fingerprint density at radius 3 is 2.36 bits per heavy atom. The van der Waals surface area contributed by atoms with Gasteiger partial charge < -0.3 is 9.47 Å². The van der Waals surface area contributed by atoms with E-state index in [1.165, 1.54) is 6.92 Å². The van der Waals surface area contributed by atoms with Gasteiger partial charge in [-0.2, -0.15) is 0 Å². The Hall–Kier alpha value is -2.41. The van der Waals surface area contributed by atoms with Gasteiger partial charge in [-0.3, -0.25) is 4.79 Å². The van der Waals surface area contributed by atoms with Crippen LogP contribution in [0.25, 0.3) is 0 Å². The van der Waals surface area contributed by atoms with E-state index in [1.807, 2.05) is 25.1 Å². The number of aryl methyl sites for hydroxylation is 1. The van der Waals surface area contributed by atoms with E-state index in [0.717, 1.165) is 29.8 Å². The molecular weight excluding hydrogens is 347 g/mol. The summed E-state index contributed by atoms with van der Waals surface area (Å²) in [7, 11) is -3.93. The zero-order chi connectivity index (χ0) is 18.4. The van der Waals surface area contributed by atoms with Crippen molar-refractivity contribution in [3.63, 3.8) is 0 Å². The Morgan fingerprint density at radius 2 is 1.72 bits per heavy atom. The van der Waals surface area contributed by atoms with E-state index < -0.39 is 26.9 Å². The lowest BCUT2D eigenvalue weighted by atomic mass is 10.2. The predicted octanol–water partition coefficient (Wildman–Crippen LogP) is 2.92. The van der Waals surface area contributed by atoms with E-state index in [9.17, 15) is 17.6 Å². The van der Waals surface area contributed by atoms with Crippen LogP contribution < -0.4 is 4.74 Å². The molecule has 0 heterocycles. The molecule has 1 unspecified atom stereocenters. The van der Waals surface area contributed by atoms with E-state index >= 15 is 0 Å². The van der Waals surface area contributed by atoms with Crippen LogP contribution >= 0.6 is 0 Å². The summed E-state index contributed by atoms with van der Waals surface area (Å²) >= 11 is 0. The van der Waals surface area contributed by atoms with E-state index in [-0.39, 0.29) is 18.1 Å². The molecule has 0 saturated heterocycles. The largest absolute Gasteiger partial charge is 0.490 e. The Labute approximate surface area is 146 Å². The van der Waals surface area contributed by atoms with Crippen molar-refractivity contribution in [2.75, 3.05) is 13.2 Å². The molecule has 7 heteroatoms. The molecule has 2 rings (SSSR count). The second kappa shape index (κ2) is 8.11. The van der Waals surface area contributed by atoms with Crippen LogP contribution in [0, 0.1) is 12.7 Å². The first kappa shape index (κ1) is 18.9. The Balaban J connectivity index is 1.89. The lowest BCUT2D eigenvalue weighted by Crippen LogP contribution is -2.30. The van der Waals surface area contributed by atoms with Crippen LogP contribution in [0.15, 0.2) is 53.4 Å². The highest BCUT2D eigenvalue weighted by Gasteiger charge is 2.31. The molecule has 5 nitrogen and oxygen atoms in total. The third-order valence-corrected chi connectivity index (χ3v) is 5.67. The molecule has 0 N–H and O–H groups in total. The van der Waals surface area contributed by atoms with Crippen molar-refractivity contribution in [3.05, 3.63) is 59.9 Å². The van der Waals surface area contributed by atoms with Crippen LogP contribution in [0.1, 0.15) is 12.5 Å². The lowest BCUT2D eigenvalue weighted by Gasteiger charge is -2.13. The Kier molecular flexibility index (Phi) is 6.14. The number of halogens is 1. The van der Waals surface area contributed by atoms with E-state index in [0.29, 0.717) is 5.75 Å². The van der Waals surface area contributed by atoms with Gasteiger partial charge in [-0.1, -0.05) is 18.2 Å². The van der Waals surface area contributed by atoms with Crippen LogP contribution in [0.2, 0.25) is 0 Å². The number of carbonyl (C=O) groups is 1. The summed E-state index contributed by atoms with van der Waals surface area (Å²) in [4.78, 5) is 11.8. The number of hydrogen-bond donors (Lipinski definition) is 0. The van der Waals surface area contributed by atoms with Gasteiger partial charge >= 0.3 is 5.97 Å². The zero-order valence-electron chi connectivity index (χ0n) is 13.9. The number of sulfone groups is 1. The molecule has 0 saturated carbocycles. The molecule has 2 aromatic rings. The van der Waals surface area contributed by atoms with E-state index in [1.54, 1.807) is 6.07 Å². The Bertz CT molecular complexity index is 831. The number of para-hydroxylation sites is 1. The molecule has 2 aromatic carbocycles. The molecule has 25 heavy (non-hydrogen) atoms. The second-order valence-electron chi connectivity index (χ2n) is 5.42. The maximum absolute atomic E-state index is 12.9. The molecule has 1 atom stereocenters. The third kappa shape index (κ3) is 4.79. The van der Waals surface area contributed by atoms with Crippen LogP contribution in [0.3, 0.4) is 0 Å². The fraction of sp³-hybridized carbons (Fsp3) is 0.278. The fourth-order valence-corrected chi connectivity index (χ4v) is 3.33. The molecule has 0 aromatic heterocycles. The maximum atomic E-state index is 12.9. The smallest absolute Gasteiger partial charge is 0.324 e. The minimum absolute atomic E-state index is 0.0730. The van der Waals surface area contributed by atoms with Gasteiger partial charge in [0.05, 0.1) is 4.90 Å². The van der Waals surface area contributed by atoms with Gasteiger partial charge in [-0.05, 0) is 49.7 Å². The second-order valence-corrected chi connectivity index (χ2v) is 7.69. The molecule has 0 aliphatic heterocycles. The zero-order valence-corrected chi connectivity index (χ0v) is 14.8. The van der Waals surface area contributed by atoms with Crippen molar-refractivity contribution >= 4 is 15.8 Å². The number of hydrogen-bond acceptors (Lipinski definition) is 5. The van der Waals surface area contributed by atoms with Gasteiger partial charge in [0.25, 0.3) is 0 Å². The van der Waals surface area contributed by atoms with Gasteiger partial charge in [-0.15, -0.1) is 0 Å². The van der Waals surface area contributed by atoms with Crippen LogP contribution in [-0.2, 0) is 19.4 Å². The van der Waals surface area contributed by atoms with E-state index in [4.69, 9.17) is 9.47 Å². The SMILES string of the molecule is Cc1ccccc1OCCOC(=O)C(C)S(=O)(=O)c1ccc(F)cc1. The summed E-state index contributed by atoms with van der Waals surface area (Å²) in [5, 5.41) is -1.39. The van der Waals surface area contributed by atoms with Crippen LogP contribution in [0.4, 0.5) is 4.39 Å². The highest BCUT2D eigenvalue weighted by molar-refractivity contribution is 7.92. The molecule has 134 valence electrons. The summed E-state index contributed by atoms with van der Waals surface area (Å²) in [5.41, 5.74) is 0.945. The Morgan fingerprint density at radius 1 is 1.08 bits per heavy atom. The number of esters is 1. The summed E-state index contributed by atoms with van der Waals surface area (Å²) < 4.78 is 48.0. The molecule has 0 fully saturated rings. The van der Waals surface area contributed by atoms with Crippen LogP contribution in [0.5, 0.6) is 5.75 Å². The number of carbonyl (C=O) groups excluding carboxylic acids is 1. The first-order valence-electron chi connectivity index (χ1n) is 7.67. The van der Waals surface area contributed by atoms with E-state index in [2.05, 4.69) is 0 Å². The maximum Gasteiger partial charge on any atom is 0.324 e. The van der Waals surface area contributed by atoms with Gasteiger partial charge in [0.1, 0.15) is 24.8 Å². The first-order valence-corrected chi connectivity index (χ1v) is 9.21. The van der Waals surface area contributed by atoms with Crippen LogP contribution in [-0.4, -0.2) is 32.9 Å². The molecule has 0 radical (unpaired) electrons. The molecule has 0 bridgehead atoms. The van der Waals surface area contributed by atoms with Gasteiger partial charge in [0.15, 0.2) is 15.1 Å². The molecule has 0 aliphatic rings. The van der Waals surface area contributed by atoms with Crippen molar-refractivity contribution in [1.29, 1.82) is 0 Å². The van der Waals surface area contributed by atoms with Gasteiger partial charge in [0.2, 0.25) is 0 Å². The minimum Gasteiger partial charge on any atom is -0.490 e. The number of benzene rings is 2. The van der Waals surface area contributed by atoms with Crippen molar-refractivity contribution < 1.29 is 27.1 Å².